The molecular weight excluding hydrogens is 432 g/mol. The van der Waals surface area contributed by atoms with E-state index in [-0.39, 0.29) is 0 Å². The Kier molecular flexibility index (Phi) is 9.17. The van der Waals surface area contributed by atoms with Crippen LogP contribution in [0.25, 0.3) is 0 Å². The topological polar surface area (TPSA) is 99.5 Å². The van der Waals surface area contributed by atoms with E-state index in [1.165, 1.54) is 18.4 Å². The van der Waals surface area contributed by atoms with Crippen LogP contribution < -0.4 is 4.74 Å². The highest BCUT2D eigenvalue weighted by Crippen LogP contribution is 2.26. The fourth-order valence-corrected chi connectivity index (χ4v) is 3.91. The van der Waals surface area contributed by atoms with Crippen molar-refractivity contribution < 1.29 is 29.3 Å². The number of aliphatic carboxylic acids is 2. The second-order valence-corrected chi connectivity index (χ2v) is 7.64. The number of piperidine rings is 1. The molecule has 9 heteroatoms. The van der Waals surface area contributed by atoms with Crippen LogP contribution in [0.2, 0.25) is 0 Å². The van der Waals surface area contributed by atoms with Gasteiger partial charge in [-0.2, -0.15) is 0 Å². The van der Waals surface area contributed by atoms with Crippen LogP contribution in [0.4, 0.5) is 0 Å². The predicted molar refractivity (Wildman–Crippen MR) is 107 cm³/mol. The number of methoxy groups -OCH3 is 1. The number of benzene rings is 1. The van der Waals surface area contributed by atoms with Crippen molar-refractivity contribution in [1.82, 2.24) is 9.80 Å². The lowest BCUT2D eigenvalue weighted by Crippen LogP contribution is -2.48. The van der Waals surface area contributed by atoms with Crippen LogP contribution in [0.3, 0.4) is 0 Å². The summed E-state index contributed by atoms with van der Waals surface area (Å²) in [6, 6.07) is 6.99. The number of halogens is 1. The van der Waals surface area contributed by atoms with Gasteiger partial charge in [0.25, 0.3) is 0 Å². The van der Waals surface area contributed by atoms with Crippen molar-refractivity contribution in [3.63, 3.8) is 0 Å². The van der Waals surface area contributed by atoms with Gasteiger partial charge in [0, 0.05) is 35.7 Å². The lowest BCUT2D eigenvalue weighted by Gasteiger charge is -2.40. The summed E-state index contributed by atoms with van der Waals surface area (Å²) < 4.78 is 12.1. The molecule has 2 fully saturated rings. The highest BCUT2D eigenvalue weighted by Gasteiger charge is 2.26. The van der Waals surface area contributed by atoms with Crippen LogP contribution in [0.5, 0.6) is 5.75 Å². The van der Waals surface area contributed by atoms with Gasteiger partial charge < -0.3 is 19.7 Å². The molecule has 1 aromatic rings. The Bertz CT molecular complexity index is 646. The Morgan fingerprint density at radius 1 is 1.14 bits per heavy atom. The summed E-state index contributed by atoms with van der Waals surface area (Å²) in [6.07, 6.45) is 2.52. The van der Waals surface area contributed by atoms with E-state index in [2.05, 4.69) is 31.8 Å². The van der Waals surface area contributed by atoms with Crippen molar-refractivity contribution in [2.24, 2.45) is 0 Å². The Morgan fingerprint density at radius 2 is 1.75 bits per heavy atom. The molecule has 156 valence electrons. The van der Waals surface area contributed by atoms with Crippen molar-refractivity contribution in [3.05, 3.63) is 28.2 Å². The zero-order chi connectivity index (χ0) is 20.5. The fraction of sp³-hybridized carbons (Fsp3) is 0.579. The molecule has 28 heavy (non-hydrogen) atoms. The average molecular weight is 459 g/mol. The third kappa shape index (κ3) is 7.05. The number of carboxylic acid groups (broad SMARTS) is 2. The van der Waals surface area contributed by atoms with E-state index in [9.17, 15) is 0 Å². The second-order valence-electron chi connectivity index (χ2n) is 6.72. The molecule has 3 rings (SSSR count). The quantitative estimate of drug-likeness (QED) is 0.659. The van der Waals surface area contributed by atoms with Crippen LogP contribution >= 0.6 is 15.9 Å². The maximum atomic E-state index is 9.10. The van der Waals surface area contributed by atoms with Crippen LogP contribution in [0, 0.1) is 0 Å². The van der Waals surface area contributed by atoms with Gasteiger partial charge in [0.05, 0.1) is 20.3 Å². The smallest absolute Gasteiger partial charge is 0.414 e. The summed E-state index contributed by atoms with van der Waals surface area (Å²) >= 11 is 3.56. The minimum Gasteiger partial charge on any atom is -0.496 e. The minimum atomic E-state index is -1.82. The number of hydrogen-bond donors (Lipinski definition) is 2. The molecule has 0 aromatic heterocycles. The maximum Gasteiger partial charge on any atom is 0.414 e. The maximum absolute atomic E-state index is 9.10. The Hall–Kier alpha value is -1.68. The molecule has 2 aliphatic heterocycles. The van der Waals surface area contributed by atoms with E-state index >= 15 is 0 Å². The molecule has 1 aromatic carbocycles. The van der Waals surface area contributed by atoms with Crippen LogP contribution in [-0.4, -0.2) is 84.5 Å². The van der Waals surface area contributed by atoms with Gasteiger partial charge in [0.2, 0.25) is 0 Å². The zero-order valence-electron chi connectivity index (χ0n) is 16.0. The molecule has 0 unspecified atom stereocenters. The van der Waals surface area contributed by atoms with Gasteiger partial charge in [0.1, 0.15) is 5.75 Å². The summed E-state index contributed by atoms with van der Waals surface area (Å²) in [5.41, 5.74) is 1.27. The molecule has 0 amide bonds. The first-order valence-corrected chi connectivity index (χ1v) is 10.0. The highest BCUT2D eigenvalue weighted by molar-refractivity contribution is 9.10. The van der Waals surface area contributed by atoms with Gasteiger partial charge in [-0.1, -0.05) is 15.9 Å². The number of nitrogens with zero attached hydrogens (tertiary/aromatic N) is 2. The molecule has 0 atom stereocenters. The van der Waals surface area contributed by atoms with Gasteiger partial charge in [-0.05, 0) is 44.1 Å². The van der Waals surface area contributed by atoms with Crippen molar-refractivity contribution in [2.75, 3.05) is 46.5 Å². The fourth-order valence-electron chi connectivity index (χ4n) is 3.50. The predicted octanol–water partition coefficient (Wildman–Crippen LogP) is 1.91. The summed E-state index contributed by atoms with van der Waals surface area (Å²) in [5.74, 6) is -2.66. The third-order valence-corrected chi connectivity index (χ3v) is 5.43. The van der Waals surface area contributed by atoms with E-state index < -0.39 is 11.9 Å². The van der Waals surface area contributed by atoms with Crippen LogP contribution in [0.1, 0.15) is 18.4 Å². The van der Waals surface area contributed by atoms with Gasteiger partial charge in [-0.15, -0.1) is 0 Å². The summed E-state index contributed by atoms with van der Waals surface area (Å²) in [6.45, 7) is 7.30. The lowest BCUT2D eigenvalue weighted by molar-refractivity contribution is -0.159. The van der Waals surface area contributed by atoms with Gasteiger partial charge >= 0.3 is 11.9 Å². The molecular formula is C19H27BrN2O6. The second kappa shape index (κ2) is 11.4. The number of carbonyl (C=O) groups is 2. The minimum absolute atomic E-state index is 0.740. The van der Waals surface area contributed by atoms with Crippen molar-refractivity contribution in [2.45, 2.75) is 25.4 Å². The molecule has 2 N–H and O–H groups in total. The number of hydrogen-bond acceptors (Lipinski definition) is 6. The first-order valence-electron chi connectivity index (χ1n) is 9.23. The highest BCUT2D eigenvalue weighted by atomic mass is 79.9. The molecule has 0 aliphatic carbocycles. The van der Waals surface area contributed by atoms with Gasteiger partial charge in [-0.3, -0.25) is 9.80 Å². The van der Waals surface area contributed by atoms with Crippen molar-refractivity contribution in [3.8, 4) is 5.75 Å². The summed E-state index contributed by atoms with van der Waals surface area (Å²) in [4.78, 5) is 23.4. The van der Waals surface area contributed by atoms with E-state index in [4.69, 9.17) is 29.3 Å². The van der Waals surface area contributed by atoms with E-state index in [1.807, 2.05) is 12.1 Å². The van der Waals surface area contributed by atoms with Crippen LogP contribution in [-0.2, 0) is 20.9 Å². The SMILES string of the molecule is COc1ccc(Br)cc1CN1CCC(N2CCOCC2)CC1.O=C(O)C(=O)O. The summed E-state index contributed by atoms with van der Waals surface area (Å²) in [5, 5.41) is 14.8. The number of carboxylic acids is 2. The third-order valence-electron chi connectivity index (χ3n) is 4.94. The largest absolute Gasteiger partial charge is 0.496 e. The normalized spacial score (nSPS) is 18.8. The molecule has 2 aliphatic rings. The number of likely N-dealkylation sites (tertiary alicyclic amines) is 1. The molecule has 0 radical (unpaired) electrons. The van der Waals surface area contributed by atoms with Gasteiger partial charge in [-0.25, -0.2) is 9.59 Å². The Labute approximate surface area is 173 Å². The van der Waals surface area contributed by atoms with Gasteiger partial charge in [0.15, 0.2) is 0 Å². The molecule has 0 spiro atoms. The Morgan fingerprint density at radius 3 is 2.29 bits per heavy atom. The van der Waals surface area contributed by atoms with Crippen molar-refractivity contribution in [1.29, 1.82) is 0 Å². The number of ether oxygens (including phenoxy) is 2. The molecule has 2 heterocycles. The zero-order valence-corrected chi connectivity index (χ0v) is 17.6. The molecule has 8 nitrogen and oxygen atoms in total. The van der Waals surface area contributed by atoms with E-state index in [0.29, 0.717) is 0 Å². The first kappa shape index (κ1) is 22.6. The van der Waals surface area contributed by atoms with E-state index in [0.717, 1.165) is 62.2 Å². The monoisotopic (exact) mass is 458 g/mol. The molecule has 0 bridgehead atoms. The number of rotatable bonds is 4. The lowest BCUT2D eigenvalue weighted by atomic mass is 10.0. The average Bonchev–Trinajstić information content (AvgIpc) is 2.70. The Balaban J connectivity index is 0.000000409. The summed E-state index contributed by atoms with van der Waals surface area (Å²) in [7, 11) is 1.75. The molecule has 2 saturated heterocycles. The standard InChI is InChI=1S/C17H25BrN2O2.C2H2O4/c1-21-17-3-2-15(18)12-14(17)13-19-6-4-16(5-7-19)20-8-10-22-11-9-20;3-1(4)2(5)6/h2-3,12,16H,4-11,13H2,1H3;(H,3,4)(H,5,6). The number of morpholine rings is 1. The van der Waals surface area contributed by atoms with E-state index in [1.54, 1.807) is 7.11 Å². The van der Waals surface area contributed by atoms with Crippen LogP contribution in [0.15, 0.2) is 22.7 Å². The van der Waals surface area contributed by atoms with Crippen molar-refractivity contribution >= 4 is 27.9 Å². The molecule has 0 saturated carbocycles. The first-order chi connectivity index (χ1) is 13.4.